The molecule has 0 radical (unpaired) electrons. The highest BCUT2D eigenvalue weighted by Gasteiger charge is 2.08. The molecule has 0 saturated carbocycles. The van der Waals surface area contributed by atoms with Crippen molar-refractivity contribution >= 4 is 0 Å². The van der Waals surface area contributed by atoms with Crippen molar-refractivity contribution in [2.75, 3.05) is 0 Å². The van der Waals surface area contributed by atoms with Crippen LogP contribution in [0.4, 0.5) is 8.78 Å². The molecule has 0 N–H and O–H groups in total. The maximum atomic E-state index is 13.8. The van der Waals surface area contributed by atoms with Gasteiger partial charge in [0.15, 0.2) is 0 Å². The summed E-state index contributed by atoms with van der Waals surface area (Å²) in [6.45, 7) is 5.91. The third kappa shape index (κ3) is 3.12. The third-order valence-corrected chi connectivity index (χ3v) is 3.37. The molecule has 21 heavy (non-hydrogen) atoms. The van der Waals surface area contributed by atoms with Crippen molar-refractivity contribution < 1.29 is 8.78 Å². The predicted molar refractivity (Wildman–Crippen MR) is 80.9 cm³/mol. The minimum absolute atomic E-state index is 0.165. The van der Waals surface area contributed by atoms with Gasteiger partial charge in [-0.1, -0.05) is 23.8 Å². The van der Waals surface area contributed by atoms with Crippen LogP contribution in [0, 0.1) is 56.6 Å². The molecule has 2 rings (SSSR count). The summed E-state index contributed by atoms with van der Waals surface area (Å²) in [6.07, 6.45) is 5.13. The van der Waals surface area contributed by atoms with Gasteiger partial charge in [0.2, 0.25) is 0 Å². The number of hydrogen-bond donors (Lipinski definition) is 0. The smallest absolute Gasteiger partial charge is 0.143 e. The second kappa shape index (κ2) is 5.81. The second-order valence-electron chi connectivity index (χ2n) is 4.96. The molecule has 0 atom stereocenters. The molecule has 0 spiro atoms. The van der Waals surface area contributed by atoms with Gasteiger partial charge in [0.1, 0.15) is 11.6 Å². The van der Waals surface area contributed by atoms with Crippen LogP contribution in [0.25, 0.3) is 0 Å². The first kappa shape index (κ1) is 14.8. The minimum Gasteiger partial charge on any atom is -0.205 e. The Morgan fingerprint density at radius 3 is 1.95 bits per heavy atom. The van der Waals surface area contributed by atoms with E-state index < -0.39 is 11.6 Å². The van der Waals surface area contributed by atoms with Crippen LogP contribution in [0.5, 0.6) is 0 Å². The van der Waals surface area contributed by atoms with Gasteiger partial charge in [-0.15, -0.1) is 6.42 Å². The van der Waals surface area contributed by atoms with Gasteiger partial charge in [0, 0.05) is 11.1 Å². The zero-order valence-electron chi connectivity index (χ0n) is 12.1. The molecular formula is C19H14F2. The molecule has 2 heteroatoms. The Morgan fingerprint density at radius 1 is 0.810 bits per heavy atom. The fraction of sp³-hybridized carbons (Fsp3) is 0.158. The first-order chi connectivity index (χ1) is 9.92. The van der Waals surface area contributed by atoms with Crippen molar-refractivity contribution in [2.45, 2.75) is 20.8 Å². The standard InChI is InChI=1S/C19H14F2/c1-5-15-10-18(20)17(19(21)11-15)7-6-16-9-13(3)12(2)8-14(16)4/h1,8-11H,2-4H3. The van der Waals surface area contributed by atoms with Gasteiger partial charge in [-0.3, -0.25) is 0 Å². The summed E-state index contributed by atoms with van der Waals surface area (Å²) in [5, 5.41) is 0. The molecule has 0 heterocycles. The number of hydrogen-bond acceptors (Lipinski definition) is 0. The number of rotatable bonds is 0. The summed E-state index contributed by atoms with van der Waals surface area (Å²) in [4.78, 5) is 0. The summed E-state index contributed by atoms with van der Waals surface area (Å²) in [6, 6.07) is 6.15. The van der Waals surface area contributed by atoms with Crippen LogP contribution in [0.1, 0.15) is 33.4 Å². The lowest BCUT2D eigenvalue weighted by Crippen LogP contribution is -1.93. The van der Waals surface area contributed by atoms with Crippen molar-refractivity contribution in [3.05, 3.63) is 69.3 Å². The zero-order chi connectivity index (χ0) is 15.6. The molecular weight excluding hydrogens is 266 g/mol. The molecule has 0 aliphatic heterocycles. The van der Waals surface area contributed by atoms with E-state index in [1.807, 2.05) is 32.9 Å². The minimum atomic E-state index is -0.739. The molecule has 2 aromatic rings. The fourth-order valence-corrected chi connectivity index (χ4v) is 2.00. The summed E-state index contributed by atoms with van der Waals surface area (Å²) in [7, 11) is 0. The van der Waals surface area contributed by atoms with Crippen LogP contribution >= 0.6 is 0 Å². The third-order valence-electron chi connectivity index (χ3n) is 3.37. The number of aryl methyl sites for hydroxylation is 3. The maximum Gasteiger partial charge on any atom is 0.143 e. The normalized spacial score (nSPS) is 9.71. The summed E-state index contributed by atoms with van der Waals surface area (Å²) < 4.78 is 27.6. The fourth-order valence-electron chi connectivity index (χ4n) is 2.00. The molecule has 0 amide bonds. The molecule has 104 valence electrons. The largest absolute Gasteiger partial charge is 0.205 e. The van der Waals surface area contributed by atoms with E-state index in [1.165, 1.54) is 0 Å². The molecule has 0 unspecified atom stereocenters. The van der Waals surface area contributed by atoms with Gasteiger partial charge < -0.3 is 0 Å². The van der Waals surface area contributed by atoms with Crippen LogP contribution in [0.3, 0.4) is 0 Å². The van der Waals surface area contributed by atoms with Gasteiger partial charge in [-0.05, 0) is 55.7 Å². The molecule has 0 fully saturated rings. The van der Waals surface area contributed by atoms with Crippen molar-refractivity contribution in [1.82, 2.24) is 0 Å². The Hall–Kier alpha value is -2.58. The summed E-state index contributed by atoms with van der Waals surface area (Å²) in [5.74, 6) is 6.13. The van der Waals surface area contributed by atoms with Crippen LogP contribution < -0.4 is 0 Å². The Bertz CT molecular complexity index is 789. The van der Waals surface area contributed by atoms with Crippen LogP contribution in [-0.2, 0) is 0 Å². The average Bonchev–Trinajstić information content (AvgIpc) is 2.42. The lowest BCUT2D eigenvalue weighted by atomic mass is 10.0. The Kier molecular flexibility index (Phi) is 4.10. The molecule has 2 aromatic carbocycles. The number of benzene rings is 2. The van der Waals surface area contributed by atoms with E-state index in [9.17, 15) is 8.78 Å². The van der Waals surface area contributed by atoms with Crippen molar-refractivity contribution in [1.29, 1.82) is 0 Å². The zero-order valence-corrected chi connectivity index (χ0v) is 12.1. The van der Waals surface area contributed by atoms with Gasteiger partial charge in [0.05, 0.1) is 5.56 Å². The molecule has 0 aliphatic rings. The molecule has 0 aromatic heterocycles. The van der Waals surface area contributed by atoms with Crippen molar-refractivity contribution in [3.8, 4) is 24.2 Å². The highest BCUT2D eigenvalue weighted by atomic mass is 19.1. The van der Waals surface area contributed by atoms with Gasteiger partial charge >= 0.3 is 0 Å². The monoisotopic (exact) mass is 280 g/mol. The quantitative estimate of drug-likeness (QED) is 0.632. The van der Waals surface area contributed by atoms with E-state index in [-0.39, 0.29) is 11.1 Å². The lowest BCUT2D eigenvalue weighted by Gasteiger charge is -2.04. The molecule has 0 saturated heterocycles. The predicted octanol–water partition coefficient (Wildman–Crippen LogP) is 4.27. The van der Waals surface area contributed by atoms with E-state index in [0.717, 1.165) is 34.4 Å². The van der Waals surface area contributed by atoms with E-state index in [0.29, 0.717) is 0 Å². The summed E-state index contributed by atoms with van der Waals surface area (Å²) in [5.41, 5.74) is 3.90. The van der Waals surface area contributed by atoms with E-state index in [2.05, 4.69) is 17.8 Å². The Labute approximate surface area is 123 Å². The van der Waals surface area contributed by atoms with Crippen molar-refractivity contribution in [2.24, 2.45) is 0 Å². The van der Waals surface area contributed by atoms with Crippen LogP contribution in [0.15, 0.2) is 24.3 Å². The first-order valence-corrected chi connectivity index (χ1v) is 6.48. The van der Waals surface area contributed by atoms with Gasteiger partial charge in [-0.2, -0.15) is 0 Å². The molecule has 0 bridgehead atoms. The first-order valence-electron chi connectivity index (χ1n) is 6.48. The molecule has 0 nitrogen and oxygen atoms in total. The van der Waals surface area contributed by atoms with E-state index in [1.54, 1.807) is 0 Å². The Morgan fingerprint density at radius 2 is 1.38 bits per heavy atom. The van der Waals surface area contributed by atoms with E-state index in [4.69, 9.17) is 6.42 Å². The highest BCUT2D eigenvalue weighted by molar-refractivity contribution is 5.51. The van der Waals surface area contributed by atoms with Gasteiger partial charge in [0.25, 0.3) is 0 Å². The van der Waals surface area contributed by atoms with Gasteiger partial charge in [-0.25, -0.2) is 8.78 Å². The second-order valence-corrected chi connectivity index (χ2v) is 4.96. The van der Waals surface area contributed by atoms with E-state index >= 15 is 0 Å². The van der Waals surface area contributed by atoms with Crippen LogP contribution in [-0.4, -0.2) is 0 Å². The van der Waals surface area contributed by atoms with Crippen molar-refractivity contribution in [3.63, 3.8) is 0 Å². The lowest BCUT2D eigenvalue weighted by molar-refractivity contribution is 0.577. The SMILES string of the molecule is C#Cc1cc(F)c(C#Cc2cc(C)c(C)cc2C)c(F)c1. The summed E-state index contributed by atoms with van der Waals surface area (Å²) >= 11 is 0. The number of terminal acetylenes is 1. The Balaban J connectivity index is 2.50. The highest BCUT2D eigenvalue weighted by Crippen LogP contribution is 2.16. The number of halogens is 2. The molecule has 0 aliphatic carbocycles. The maximum absolute atomic E-state index is 13.8. The average molecular weight is 280 g/mol. The van der Waals surface area contributed by atoms with Crippen LogP contribution in [0.2, 0.25) is 0 Å². The topological polar surface area (TPSA) is 0 Å².